The summed E-state index contributed by atoms with van der Waals surface area (Å²) in [6.45, 7) is 6.77. The van der Waals surface area contributed by atoms with Crippen LogP contribution >= 0.6 is 0 Å². The van der Waals surface area contributed by atoms with Crippen molar-refractivity contribution in [1.82, 2.24) is 0 Å². The maximum Gasteiger partial charge on any atom is 0.347 e. The second-order valence-corrected chi connectivity index (χ2v) is 9.49. The van der Waals surface area contributed by atoms with Crippen molar-refractivity contribution in [3.63, 3.8) is 0 Å². The molecule has 0 heterocycles. The van der Waals surface area contributed by atoms with Crippen LogP contribution in [-0.2, 0) is 16.0 Å². The molecule has 0 saturated carbocycles. The third-order valence-corrected chi connectivity index (χ3v) is 6.39. The van der Waals surface area contributed by atoms with E-state index in [0.29, 0.717) is 6.61 Å². The fourth-order valence-corrected chi connectivity index (χ4v) is 4.29. The van der Waals surface area contributed by atoms with Crippen molar-refractivity contribution in [2.75, 3.05) is 6.61 Å². The third kappa shape index (κ3) is 15.9. The highest BCUT2D eigenvalue weighted by molar-refractivity contribution is 5.75. The summed E-state index contributed by atoms with van der Waals surface area (Å²) in [4.78, 5) is 12.4. The Bertz CT molecular complexity index is 566. The van der Waals surface area contributed by atoms with Crippen LogP contribution in [0.5, 0.6) is 5.75 Å². The summed E-state index contributed by atoms with van der Waals surface area (Å²) in [6.07, 6.45) is 22.1. The second-order valence-electron chi connectivity index (χ2n) is 9.49. The van der Waals surface area contributed by atoms with E-state index in [4.69, 9.17) is 9.47 Å². The number of ether oxygens (including phenoxy) is 2. The molecule has 0 saturated heterocycles. The highest BCUT2D eigenvalue weighted by atomic mass is 16.6. The van der Waals surface area contributed by atoms with E-state index in [-0.39, 0.29) is 5.97 Å². The van der Waals surface area contributed by atoms with Crippen molar-refractivity contribution in [2.24, 2.45) is 0 Å². The number of benzene rings is 1. The maximum absolute atomic E-state index is 12.4. The van der Waals surface area contributed by atoms with E-state index in [1.54, 1.807) is 0 Å². The van der Waals surface area contributed by atoms with Gasteiger partial charge in [0.2, 0.25) is 0 Å². The van der Waals surface area contributed by atoms with Gasteiger partial charge in [-0.05, 0) is 50.3 Å². The molecule has 0 aliphatic carbocycles. The minimum atomic E-state index is -0.497. The summed E-state index contributed by atoms with van der Waals surface area (Å²) < 4.78 is 11.3. The van der Waals surface area contributed by atoms with E-state index in [1.807, 2.05) is 19.1 Å². The Morgan fingerprint density at radius 1 is 0.667 bits per heavy atom. The number of aryl methyl sites for hydroxylation is 1. The zero-order chi connectivity index (χ0) is 24.0. The number of esters is 1. The minimum Gasteiger partial charge on any atom is -0.479 e. The fourth-order valence-electron chi connectivity index (χ4n) is 4.29. The molecule has 0 spiro atoms. The topological polar surface area (TPSA) is 35.5 Å². The molecule has 33 heavy (non-hydrogen) atoms. The smallest absolute Gasteiger partial charge is 0.347 e. The van der Waals surface area contributed by atoms with Crippen LogP contribution in [0.2, 0.25) is 0 Å². The lowest BCUT2D eigenvalue weighted by molar-refractivity contribution is -0.151. The molecule has 3 nitrogen and oxygen atoms in total. The van der Waals surface area contributed by atoms with Gasteiger partial charge in [-0.2, -0.15) is 0 Å². The fraction of sp³-hybridized carbons (Fsp3) is 0.767. The number of carbonyl (C=O) groups is 1. The molecule has 1 rings (SSSR count). The van der Waals surface area contributed by atoms with E-state index in [1.165, 1.54) is 95.5 Å². The molecule has 0 N–H and O–H groups in total. The average Bonchev–Trinajstić information content (AvgIpc) is 2.82. The predicted octanol–water partition coefficient (Wildman–Crippen LogP) is 9.21. The van der Waals surface area contributed by atoms with Crippen LogP contribution in [0.25, 0.3) is 0 Å². The summed E-state index contributed by atoms with van der Waals surface area (Å²) >= 11 is 0. The zero-order valence-electron chi connectivity index (χ0n) is 22.0. The predicted molar refractivity (Wildman–Crippen MR) is 141 cm³/mol. The van der Waals surface area contributed by atoms with E-state index >= 15 is 0 Å². The molecule has 0 aliphatic rings. The van der Waals surface area contributed by atoms with Crippen molar-refractivity contribution >= 4 is 5.97 Å². The lowest BCUT2D eigenvalue weighted by Crippen LogP contribution is -2.29. The van der Waals surface area contributed by atoms with Gasteiger partial charge in [-0.3, -0.25) is 0 Å². The number of hydrogen-bond acceptors (Lipinski definition) is 3. The van der Waals surface area contributed by atoms with E-state index < -0.39 is 6.10 Å². The van der Waals surface area contributed by atoms with Crippen molar-refractivity contribution in [3.8, 4) is 5.75 Å². The summed E-state index contributed by atoms with van der Waals surface area (Å²) in [5, 5.41) is 0. The molecule has 0 amide bonds. The number of unbranched alkanes of at least 4 members (excludes halogenated alkanes) is 14. The first-order chi connectivity index (χ1) is 16.2. The van der Waals surface area contributed by atoms with Gasteiger partial charge in [0.25, 0.3) is 0 Å². The zero-order valence-corrected chi connectivity index (χ0v) is 22.0. The molecular formula is C30H52O3. The number of carbonyl (C=O) groups excluding carboxylic acids is 1. The van der Waals surface area contributed by atoms with Crippen molar-refractivity contribution in [3.05, 3.63) is 29.8 Å². The van der Waals surface area contributed by atoms with Crippen LogP contribution in [-0.4, -0.2) is 18.7 Å². The van der Waals surface area contributed by atoms with Crippen LogP contribution in [0.4, 0.5) is 0 Å². The van der Waals surface area contributed by atoms with Crippen molar-refractivity contribution < 1.29 is 14.3 Å². The van der Waals surface area contributed by atoms with Crippen molar-refractivity contribution in [2.45, 2.75) is 142 Å². The molecule has 1 unspecified atom stereocenters. The molecule has 0 aromatic heterocycles. The lowest BCUT2D eigenvalue weighted by Gasteiger charge is -2.18. The SMILES string of the molecule is CCCCCCCCCCCCC(Oc1ccc(CCCCCCCC)cc1)C(=O)OCC. The van der Waals surface area contributed by atoms with Gasteiger partial charge in [0.05, 0.1) is 6.61 Å². The second kappa shape index (κ2) is 21.1. The Hall–Kier alpha value is -1.51. The molecule has 1 atom stereocenters. The molecule has 0 radical (unpaired) electrons. The van der Waals surface area contributed by atoms with Crippen LogP contribution < -0.4 is 4.74 Å². The monoisotopic (exact) mass is 460 g/mol. The first kappa shape index (κ1) is 29.5. The van der Waals surface area contributed by atoms with Gasteiger partial charge >= 0.3 is 5.97 Å². The molecule has 0 bridgehead atoms. The molecule has 1 aromatic carbocycles. The molecule has 0 fully saturated rings. The largest absolute Gasteiger partial charge is 0.479 e. The summed E-state index contributed by atoms with van der Waals surface area (Å²) in [7, 11) is 0. The molecular weight excluding hydrogens is 408 g/mol. The standard InChI is InChI=1S/C30H52O3/c1-4-7-9-11-13-14-15-16-18-20-22-29(30(31)32-6-3)33-28-25-23-27(24-26-28)21-19-17-12-10-8-5-2/h23-26,29H,4-22H2,1-3H3. The van der Waals surface area contributed by atoms with Crippen LogP contribution in [0.15, 0.2) is 24.3 Å². The molecule has 190 valence electrons. The number of rotatable bonds is 22. The molecule has 1 aromatic rings. The Labute approximate surface area is 205 Å². The Morgan fingerprint density at radius 2 is 1.15 bits per heavy atom. The lowest BCUT2D eigenvalue weighted by atomic mass is 10.0. The summed E-state index contributed by atoms with van der Waals surface area (Å²) in [6, 6.07) is 8.31. The van der Waals surface area contributed by atoms with Crippen LogP contribution in [0, 0.1) is 0 Å². The highest BCUT2D eigenvalue weighted by Crippen LogP contribution is 2.20. The van der Waals surface area contributed by atoms with Gasteiger partial charge < -0.3 is 9.47 Å². The van der Waals surface area contributed by atoms with Gasteiger partial charge in [-0.1, -0.05) is 116 Å². The summed E-state index contributed by atoms with van der Waals surface area (Å²) in [5.41, 5.74) is 1.35. The molecule has 3 heteroatoms. The normalized spacial score (nSPS) is 12.0. The molecule has 0 aliphatic heterocycles. The van der Waals surface area contributed by atoms with Gasteiger partial charge in [0.15, 0.2) is 6.10 Å². The van der Waals surface area contributed by atoms with Gasteiger partial charge in [-0.15, -0.1) is 0 Å². The van der Waals surface area contributed by atoms with Gasteiger partial charge in [-0.25, -0.2) is 4.79 Å². The van der Waals surface area contributed by atoms with E-state index in [9.17, 15) is 4.79 Å². The maximum atomic E-state index is 12.4. The first-order valence-corrected chi connectivity index (χ1v) is 14.1. The quantitative estimate of drug-likeness (QED) is 0.128. The van der Waals surface area contributed by atoms with Crippen LogP contribution in [0.3, 0.4) is 0 Å². The van der Waals surface area contributed by atoms with E-state index in [0.717, 1.165) is 31.4 Å². The average molecular weight is 461 g/mol. The number of hydrogen-bond donors (Lipinski definition) is 0. The van der Waals surface area contributed by atoms with Gasteiger partial charge in [0, 0.05) is 0 Å². The van der Waals surface area contributed by atoms with Gasteiger partial charge in [0.1, 0.15) is 5.75 Å². The van der Waals surface area contributed by atoms with Crippen molar-refractivity contribution in [1.29, 1.82) is 0 Å². The van der Waals surface area contributed by atoms with E-state index in [2.05, 4.69) is 26.0 Å². The third-order valence-electron chi connectivity index (χ3n) is 6.39. The Morgan fingerprint density at radius 3 is 1.67 bits per heavy atom. The summed E-state index contributed by atoms with van der Waals surface area (Å²) in [5.74, 6) is 0.538. The first-order valence-electron chi connectivity index (χ1n) is 14.1. The highest BCUT2D eigenvalue weighted by Gasteiger charge is 2.21. The van der Waals surface area contributed by atoms with Crippen LogP contribution in [0.1, 0.15) is 135 Å². The Balaban J connectivity index is 2.31. The minimum absolute atomic E-state index is 0.232. The Kier molecular flexibility index (Phi) is 18.8.